The van der Waals surface area contributed by atoms with Crippen molar-refractivity contribution in [3.63, 3.8) is 0 Å². The van der Waals surface area contributed by atoms with Crippen molar-refractivity contribution in [1.82, 2.24) is 0 Å². The van der Waals surface area contributed by atoms with Gasteiger partial charge in [0.15, 0.2) is 11.6 Å². The van der Waals surface area contributed by atoms with Crippen LogP contribution in [0.4, 0.5) is 13.2 Å². The van der Waals surface area contributed by atoms with E-state index in [1.54, 1.807) is 19.1 Å². The smallest absolute Gasteiger partial charge is 0.161 e. The lowest BCUT2D eigenvalue weighted by Gasteiger charge is -2.01. The zero-order chi connectivity index (χ0) is 11.4. The van der Waals surface area contributed by atoms with Crippen molar-refractivity contribution >= 4 is 0 Å². The van der Waals surface area contributed by atoms with E-state index in [2.05, 4.69) is 0 Å². The topological polar surface area (TPSA) is 26.0 Å². The van der Waals surface area contributed by atoms with Crippen molar-refractivity contribution in [2.75, 3.05) is 0 Å². The lowest BCUT2D eigenvalue weighted by molar-refractivity contribution is 0.491. The zero-order valence-corrected chi connectivity index (χ0v) is 8.31. The summed E-state index contributed by atoms with van der Waals surface area (Å²) in [6, 6.07) is 1.26. The zero-order valence-electron chi connectivity index (χ0n) is 8.31. The Morgan fingerprint density at radius 2 is 1.80 bits per heavy atom. The molecule has 0 fully saturated rings. The maximum atomic E-state index is 13.1. The van der Waals surface area contributed by atoms with Crippen LogP contribution in [0.5, 0.6) is 0 Å². The molecule has 1 unspecified atom stereocenters. The number of rotatable bonds is 3. The maximum Gasteiger partial charge on any atom is 0.161 e. The van der Waals surface area contributed by atoms with Crippen molar-refractivity contribution in [2.45, 2.75) is 19.4 Å². The fourth-order valence-corrected chi connectivity index (χ4v) is 1.13. The number of halogens is 3. The molecule has 1 aromatic rings. The van der Waals surface area contributed by atoms with E-state index < -0.39 is 17.5 Å². The van der Waals surface area contributed by atoms with E-state index in [0.717, 1.165) is 6.07 Å². The first-order valence-electron chi connectivity index (χ1n) is 4.56. The van der Waals surface area contributed by atoms with Gasteiger partial charge < -0.3 is 5.73 Å². The molecule has 0 aromatic heterocycles. The highest BCUT2D eigenvalue weighted by molar-refractivity contribution is 5.22. The summed E-state index contributed by atoms with van der Waals surface area (Å²) in [5.74, 6) is -2.96. The Kier molecular flexibility index (Phi) is 3.91. The van der Waals surface area contributed by atoms with E-state index >= 15 is 0 Å². The van der Waals surface area contributed by atoms with Gasteiger partial charge in [0, 0.05) is 12.1 Å². The standard InChI is InChI=1S/C11H12F3N/c1-7(15)3-2-4-8-5-10(13)11(14)6-9(8)12/h2-3,5-7H,4,15H2,1H3/b3-2+. The Hall–Kier alpha value is -1.29. The largest absolute Gasteiger partial charge is 0.325 e. The molecule has 2 N–H and O–H groups in total. The third-order valence-electron chi connectivity index (χ3n) is 1.87. The van der Waals surface area contributed by atoms with E-state index in [4.69, 9.17) is 5.73 Å². The van der Waals surface area contributed by atoms with E-state index in [0.29, 0.717) is 6.07 Å². The Labute approximate surface area is 86.4 Å². The van der Waals surface area contributed by atoms with Gasteiger partial charge in [-0.3, -0.25) is 0 Å². The van der Waals surface area contributed by atoms with Crippen LogP contribution in [0.25, 0.3) is 0 Å². The van der Waals surface area contributed by atoms with Crippen molar-refractivity contribution in [3.05, 3.63) is 47.3 Å². The normalized spacial score (nSPS) is 13.4. The van der Waals surface area contributed by atoms with Gasteiger partial charge in [0.2, 0.25) is 0 Å². The average Bonchev–Trinajstić information content (AvgIpc) is 2.13. The molecule has 0 heterocycles. The minimum absolute atomic E-state index is 0.116. The Balaban J connectivity index is 2.82. The van der Waals surface area contributed by atoms with Crippen molar-refractivity contribution in [1.29, 1.82) is 0 Å². The summed E-state index contributed by atoms with van der Waals surface area (Å²) in [4.78, 5) is 0. The first kappa shape index (κ1) is 11.8. The molecule has 1 atom stereocenters. The van der Waals surface area contributed by atoms with Gasteiger partial charge in [0.05, 0.1) is 0 Å². The van der Waals surface area contributed by atoms with Gasteiger partial charge in [-0.1, -0.05) is 12.2 Å². The van der Waals surface area contributed by atoms with Crippen LogP contribution in [0.15, 0.2) is 24.3 Å². The fraction of sp³-hybridized carbons (Fsp3) is 0.273. The second-order valence-corrected chi connectivity index (χ2v) is 3.35. The Morgan fingerprint density at radius 1 is 1.20 bits per heavy atom. The Morgan fingerprint density at radius 3 is 2.40 bits per heavy atom. The molecule has 15 heavy (non-hydrogen) atoms. The summed E-state index contributed by atoms with van der Waals surface area (Å²) >= 11 is 0. The molecular weight excluding hydrogens is 203 g/mol. The van der Waals surface area contributed by atoms with Crippen LogP contribution in [-0.2, 0) is 6.42 Å². The Bertz CT molecular complexity index is 372. The molecule has 0 spiro atoms. The fourth-order valence-electron chi connectivity index (χ4n) is 1.13. The number of benzene rings is 1. The van der Waals surface area contributed by atoms with Crippen LogP contribution < -0.4 is 5.73 Å². The summed E-state index contributed by atoms with van der Waals surface area (Å²) in [5, 5.41) is 0. The van der Waals surface area contributed by atoms with E-state index in [-0.39, 0.29) is 18.0 Å². The molecular formula is C11H12F3N. The number of hydrogen-bond donors (Lipinski definition) is 1. The van der Waals surface area contributed by atoms with Crippen LogP contribution in [0.1, 0.15) is 12.5 Å². The quantitative estimate of drug-likeness (QED) is 0.608. The molecule has 0 aliphatic rings. The summed E-state index contributed by atoms with van der Waals surface area (Å²) < 4.78 is 38.4. The molecule has 0 aliphatic carbocycles. The predicted octanol–water partition coefficient (Wildman–Crippen LogP) is 2.55. The van der Waals surface area contributed by atoms with Crippen LogP contribution in [0, 0.1) is 17.5 Å². The highest BCUT2D eigenvalue weighted by Gasteiger charge is 2.08. The van der Waals surface area contributed by atoms with Crippen LogP contribution in [0.2, 0.25) is 0 Å². The SMILES string of the molecule is CC(N)/C=C/Cc1cc(F)c(F)cc1F. The van der Waals surface area contributed by atoms with Gasteiger partial charge in [-0.25, -0.2) is 13.2 Å². The number of allylic oxidation sites excluding steroid dienone is 1. The highest BCUT2D eigenvalue weighted by atomic mass is 19.2. The average molecular weight is 215 g/mol. The molecule has 0 saturated carbocycles. The van der Waals surface area contributed by atoms with E-state index in [9.17, 15) is 13.2 Å². The lowest BCUT2D eigenvalue weighted by Crippen LogP contribution is -2.10. The van der Waals surface area contributed by atoms with E-state index in [1.165, 1.54) is 0 Å². The molecule has 0 amide bonds. The summed E-state index contributed by atoms with van der Waals surface area (Å²) in [6.07, 6.45) is 3.49. The molecule has 4 heteroatoms. The van der Waals surface area contributed by atoms with Gasteiger partial charge >= 0.3 is 0 Å². The number of hydrogen-bond acceptors (Lipinski definition) is 1. The molecule has 0 saturated heterocycles. The minimum atomic E-state index is -1.17. The first-order chi connectivity index (χ1) is 7.00. The minimum Gasteiger partial charge on any atom is -0.325 e. The summed E-state index contributed by atoms with van der Waals surface area (Å²) in [5.41, 5.74) is 5.55. The van der Waals surface area contributed by atoms with Gasteiger partial charge in [0.1, 0.15) is 5.82 Å². The molecule has 1 aromatic carbocycles. The molecule has 1 rings (SSSR count). The van der Waals surface area contributed by atoms with Crippen LogP contribution in [0.3, 0.4) is 0 Å². The lowest BCUT2D eigenvalue weighted by atomic mass is 10.1. The predicted molar refractivity (Wildman–Crippen MR) is 52.8 cm³/mol. The van der Waals surface area contributed by atoms with Gasteiger partial charge in [-0.05, 0) is 25.0 Å². The monoisotopic (exact) mass is 215 g/mol. The molecule has 0 radical (unpaired) electrons. The van der Waals surface area contributed by atoms with Crippen molar-refractivity contribution in [3.8, 4) is 0 Å². The van der Waals surface area contributed by atoms with Crippen molar-refractivity contribution in [2.24, 2.45) is 5.73 Å². The molecule has 0 bridgehead atoms. The molecule has 0 aliphatic heterocycles. The van der Waals surface area contributed by atoms with Crippen molar-refractivity contribution < 1.29 is 13.2 Å². The second kappa shape index (κ2) is 4.98. The van der Waals surface area contributed by atoms with Crippen LogP contribution in [-0.4, -0.2) is 6.04 Å². The van der Waals surface area contributed by atoms with Gasteiger partial charge in [0.25, 0.3) is 0 Å². The third kappa shape index (κ3) is 3.40. The molecule has 82 valence electrons. The van der Waals surface area contributed by atoms with Gasteiger partial charge in [-0.2, -0.15) is 0 Å². The third-order valence-corrected chi connectivity index (χ3v) is 1.87. The van der Waals surface area contributed by atoms with Gasteiger partial charge in [-0.15, -0.1) is 0 Å². The molecule has 1 nitrogen and oxygen atoms in total. The number of nitrogens with two attached hydrogens (primary N) is 1. The van der Waals surface area contributed by atoms with E-state index in [1.807, 2.05) is 0 Å². The summed E-state index contributed by atoms with van der Waals surface area (Å²) in [6.45, 7) is 1.76. The second-order valence-electron chi connectivity index (χ2n) is 3.35. The highest BCUT2D eigenvalue weighted by Crippen LogP contribution is 2.14. The maximum absolute atomic E-state index is 13.1. The first-order valence-corrected chi connectivity index (χ1v) is 4.56. The summed E-state index contributed by atoms with van der Waals surface area (Å²) in [7, 11) is 0. The van der Waals surface area contributed by atoms with Crippen LogP contribution >= 0.6 is 0 Å².